The number of hydrogen-bond acceptors (Lipinski definition) is 4. The molecule has 0 aromatic heterocycles. The van der Waals surface area contributed by atoms with Crippen LogP contribution < -0.4 is 0 Å². The lowest BCUT2D eigenvalue weighted by Crippen LogP contribution is -2.33. The van der Waals surface area contributed by atoms with Crippen LogP contribution in [-0.4, -0.2) is 28.4 Å². The minimum Gasteiger partial charge on any atom is -0.292 e. The molecule has 0 saturated carbocycles. The highest BCUT2D eigenvalue weighted by Gasteiger charge is 2.36. The Bertz CT molecular complexity index is 890. The Morgan fingerprint density at radius 3 is 2.48 bits per heavy atom. The molecule has 126 valence electrons. The van der Waals surface area contributed by atoms with Crippen molar-refractivity contribution in [3.8, 4) is 0 Å². The van der Waals surface area contributed by atoms with Crippen molar-refractivity contribution in [1.82, 2.24) is 4.90 Å². The summed E-state index contributed by atoms with van der Waals surface area (Å²) in [5.41, 5.74) is 2.16. The van der Waals surface area contributed by atoms with Gasteiger partial charge in [-0.15, -0.1) is 0 Å². The molecule has 3 rings (SSSR count). The van der Waals surface area contributed by atoms with Gasteiger partial charge in [0.05, 0.1) is 11.4 Å². The highest BCUT2D eigenvalue weighted by Crippen LogP contribution is 2.33. The van der Waals surface area contributed by atoms with Gasteiger partial charge < -0.3 is 0 Å². The van der Waals surface area contributed by atoms with Gasteiger partial charge in [0.25, 0.3) is 11.1 Å². The van der Waals surface area contributed by atoms with Crippen LogP contribution in [0.2, 0.25) is 5.02 Å². The molecule has 2 amide bonds. The number of Topliss-reactive ketones (excluding diaryl/α,β-unsaturated/α-hetero) is 1. The Labute approximate surface area is 154 Å². The first-order chi connectivity index (χ1) is 12.0. The van der Waals surface area contributed by atoms with E-state index in [4.69, 9.17) is 11.6 Å². The summed E-state index contributed by atoms with van der Waals surface area (Å²) in [5, 5.41) is 0.0359. The van der Waals surface area contributed by atoms with Gasteiger partial charge in [-0.25, -0.2) is 0 Å². The molecule has 2 aromatic carbocycles. The summed E-state index contributed by atoms with van der Waals surface area (Å²) in [6.45, 7) is 1.65. The summed E-state index contributed by atoms with van der Waals surface area (Å²) in [7, 11) is 0. The van der Waals surface area contributed by atoms with Crippen LogP contribution in [0.4, 0.5) is 4.79 Å². The number of nitrogens with zero attached hydrogens (tertiary/aromatic N) is 1. The highest BCUT2D eigenvalue weighted by molar-refractivity contribution is 8.18. The second-order valence-electron chi connectivity index (χ2n) is 5.58. The van der Waals surface area contributed by atoms with E-state index in [0.717, 1.165) is 22.2 Å². The molecule has 0 atom stereocenters. The normalized spacial score (nSPS) is 15.9. The average molecular weight is 372 g/mol. The van der Waals surface area contributed by atoms with Gasteiger partial charge in [0.2, 0.25) is 0 Å². The Morgan fingerprint density at radius 1 is 1.12 bits per heavy atom. The van der Waals surface area contributed by atoms with E-state index >= 15 is 0 Å². The molecule has 1 fully saturated rings. The fraction of sp³-hybridized carbons (Fsp3) is 0.105. The number of hydrogen-bond donors (Lipinski definition) is 0. The predicted octanol–water partition coefficient (Wildman–Crippen LogP) is 4.57. The zero-order valence-corrected chi connectivity index (χ0v) is 14.9. The molecule has 0 radical (unpaired) electrons. The summed E-state index contributed by atoms with van der Waals surface area (Å²) in [4.78, 5) is 38.2. The lowest BCUT2D eigenvalue weighted by Gasteiger charge is -2.11. The third kappa shape index (κ3) is 3.83. The maximum Gasteiger partial charge on any atom is 0.293 e. The molecule has 1 heterocycles. The second kappa shape index (κ2) is 7.25. The first-order valence-corrected chi connectivity index (χ1v) is 8.75. The summed E-state index contributed by atoms with van der Waals surface area (Å²) >= 11 is 6.90. The molecule has 0 unspecified atom stereocenters. The molecule has 25 heavy (non-hydrogen) atoms. The molecule has 1 saturated heterocycles. The highest BCUT2D eigenvalue weighted by atomic mass is 35.5. The lowest BCUT2D eigenvalue weighted by atomic mass is 10.1. The van der Waals surface area contributed by atoms with Crippen LogP contribution in [-0.2, 0) is 4.79 Å². The number of halogens is 1. The largest absolute Gasteiger partial charge is 0.293 e. The third-order valence-corrected chi connectivity index (χ3v) is 4.99. The fourth-order valence-electron chi connectivity index (χ4n) is 2.34. The van der Waals surface area contributed by atoms with Crippen LogP contribution in [0.15, 0.2) is 53.4 Å². The summed E-state index contributed by atoms with van der Waals surface area (Å²) in [5.74, 6) is -0.753. The molecule has 1 aliphatic rings. The van der Waals surface area contributed by atoms with Crippen molar-refractivity contribution in [2.24, 2.45) is 0 Å². The summed E-state index contributed by atoms with van der Waals surface area (Å²) in [6, 6.07) is 14.1. The van der Waals surface area contributed by atoms with E-state index in [-0.39, 0.29) is 17.2 Å². The SMILES string of the molecule is Cc1ccc(C(=O)CN2C(=O)SC(=Cc3ccccc3Cl)C2=O)cc1. The van der Waals surface area contributed by atoms with Gasteiger partial charge in [-0.1, -0.05) is 59.6 Å². The predicted molar refractivity (Wildman–Crippen MR) is 99.6 cm³/mol. The topological polar surface area (TPSA) is 54.5 Å². The molecular weight excluding hydrogens is 358 g/mol. The number of benzene rings is 2. The molecular formula is C19H14ClNO3S. The van der Waals surface area contributed by atoms with Gasteiger partial charge in [0, 0.05) is 10.6 Å². The zero-order chi connectivity index (χ0) is 18.0. The monoisotopic (exact) mass is 371 g/mol. The molecule has 2 aromatic rings. The van der Waals surface area contributed by atoms with Gasteiger partial charge in [0.1, 0.15) is 0 Å². The number of amides is 2. The van der Waals surface area contributed by atoms with Crippen molar-refractivity contribution in [3.05, 3.63) is 75.1 Å². The third-order valence-electron chi connectivity index (χ3n) is 3.74. The minimum atomic E-state index is -0.476. The van der Waals surface area contributed by atoms with E-state index in [2.05, 4.69) is 0 Å². The first kappa shape index (κ1) is 17.5. The number of aryl methyl sites for hydroxylation is 1. The van der Waals surface area contributed by atoms with Gasteiger partial charge in [-0.2, -0.15) is 0 Å². The molecule has 4 nitrogen and oxygen atoms in total. The van der Waals surface area contributed by atoms with E-state index in [1.807, 2.05) is 19.1 Å². The Balaban J connectivity index is 1.79. The number of carbonyl (C=O) groups is 3. The molecule has 1 aliphatic heterocycles. The number of carbonyl (C=O) groups excluding carboxylic acids is 3. The van der Waals surface area contributed by atoms with Crippen LogP contribution in [0.3, 0.4) is 0 Å². The average Bonchev–Trinajstić information content (AvgIpc) is 2.85. The Hall–Kier alpha value is -2.37. The Morgan fingerprint density at radius 2 is 1.80 bits per heavy atom. The standard InChI is InChI=1S/C19H14ClNO3S/c1-12-6-8-13(9-7-12)16(22)11-21-18(23)17(25-19(21)24)10-14-4-2-3-5-15(14)20/h2-10H,11H2,1H3. The number of rotatable bonds is 4. The second-order valence-corrected chi connectivity index (χ2v) is 6.98. The fourth-order valence-corrected chi connectivity index (χ4v) is 3.36. The Kier molecular flexibility index (Phi) is 5.06. The van der Waals surface area contributed by atoms with E-state index in [0.29, 0.717) is 16.1 Å². The maximum absolute atomic E-state index is 12.5. The van der Waals surface area contributed by atoms with E-state index < -0.39 is 11.1 Å². The van der Waals surface area contributed by atoms with Crippen molar-refractivity contribution in [2.45, 2.75) is 6.92 Å². The van der Waals surface area contributed by atoms with Gasteiger partial charge in [-0.05, 0) is 36.4 Å². The van der Waals surface area contributed by atoms with Gasteiger partial charge in [0.15, 0.2) is 5.78 Å². The minimum absolute atomic E-state index is 0.259. The van der Waals surface area contributed by atoms with Crippen LogP contribution in [0.1, 0.15) is 21.5 Å². The molecule has 0 bridgehead atoms. The first-order valence-electron chi connectivity index (χ1n) is 7.55. The lowest BCUT2D eigenvalue weighted by molar-refractivity contribution is -0.122. The van der Waals surface area contributed by atoms with Crippen molar-refractivity contribution >= 4 is 46.4 Å². The molecule has 0 spiro atoms. The maximum atomic E-state index is 12.5. The van der Waals surface area contributed by atoms with Crippen molar-refractivity contribution in [3.63, 3.8) is 0 Å². The van der Waals surface area contributed by atoms with E-state index in [1.54, 1.807) is 42.5 Å². The van der Waals surface area contributed by atoms with Crippen molar-refractivity contribution in [2.75, 3.05) is 6.54 Å². The van der Waals surface area contributed by atoms with Crippen LogP contribution >= 0.6 is 23.4 Å². The summed E-state index contributed by atoms with van der Waals surface area (Å²) < 4.78 is 0. The number of imide groups is 1. The van der Waals surface area contributed by atoms with Crippen LogP contribution in [0.25, 0.3) is 6.08 Å². The molecule has 6 heteroatoms. The summed E-state index contributed by atoms with van der Waals surface area (Å²) in [6.07, 6.45) is 1.57. The van der Waals surface area contributed by atoms with E-state index in [1.165, 1.54) is 0 Å². The van der Waals surface area contributed by atoms with Crippen LogP contribution in [0.5, 0.6) is 0 Å². The van der Waals surface area contributed by atoms with Crippen molar-refractivity contribution < 1.29 is 14.4 Å². The zero-order valence-electron chi connectivity index (χ0n) is 13.4. The van der Waals surface area contributed by atoms with Gasteiger partial charge in [-0.3, -0.25) is 19.3 Å². The molecule has 0 aliphatic carbocycles. The quantitative estimate of drug-likeness (QED) is 0.583. The number of ketones is 1. The van der Waals surface area contributed by atoms with E-state index in [9.17, 15) is 14.4 Å². The van der Waals surface area contributed by atoms with Gasteiger partial charge >= 0.3 is 0 Å². The smallest absolute Gasteiger partial charge is 0.292 e. The van der Waals surface area contributed by atoms with Crippen molar-refractivity contribution in [1.29, 1.82) is 0 Å². The molecule has 0 N–H and O–H groups in total. The number of thioether (sulfide) groups is 1. The van der Waals surface area contributed by atoms with Crippen LogP contribution in [0, 0.1) is 6.92 Å².